The maximum absolute atomic E-state index is 11.4. The van der Waals surface area contributed by atoms with E-state index in [1.54, 1.807) is 0 Å². The number of rotatable bonds is 4. The summed E-state index contributed by atoms with van der Waals surface area (Å²) >= 11 is 0. The van der Waals surface area contributed by atoms with Gasteiger partial charge >= 0.3 is 11.9 Å². The zero-order valence-corrected chi connectivity index (χ0v) is 9.78. The summed E-state index contributed by atoms with van der Waals surface area (Å²) in [7, 11) is 0. The number of hydrogen-bond acceptors (Lipinski definition) is 4. The summed E-state index contributed by atoms with van der Waals surface area (Å²) in [5, 5.41) is 28.6. The Morgan fingerprint density at radius 2 is 1.74 bits per heavy atom. The van der Waals surface area contributed by atoms with E-state index >= 15 is 0 Å². The largest absolute Gasteiger partial charge is 0.481 e. The number of non-ortho nitro benzene ring substituents is 1. The average molecular weight is 265 g/mol. The molecule has 1 aromatic carbocycles. The van der Waals surface area contributed by atoms with Crippen molar-refractivity contribution in [3.8, 4) is 0 Å². The summed E-state index contributed by atoms with van der Waals surface area (Å²) in [6.45, 7) is 0. The second-order valence-electron chi connectivity index (χ2n) is 4.63. The fraction of sp³-hybridized carbons (Fsp3) is 0.333. The first-order chi connectivity index (χ1) is 8.86. The van der Waals surface area contributed by atoms with Gasteiger partial charge in [0.1, 0.15) is 0 Å². The van der Waals surface area contributed by atoms with E-state index in [1.807, 2.05) is 0 Å². The van der Waals surface area contributed by atoms with E-state index in [1.165, 1.54) is 24.3 Å². The highest BCUT2D eigenvalue weighted by molar-refractivity contribution is 5.86. The molecule has 100 valence electrons. The standard InChI is InChI=1S/C12H11NO6/c14-10(15)7-5-12(6-7,11(16)17)8-1-3-9(4-2-8)13(18)19/h1-4,7H,5-6H2,(H,14,15)(H,16,17). The van der Waals surface area contributed by atoms with Crippen LogP contribution in [0.4, 0.5) is 5.69 Å². The smallest absolute Gasteiger partial charge is 0.314 e. The Labute approximate surface area is 107 Å². The Bertz CT molecular complexity index is 544. The van der Waals surface area contributed by atoms with Crippen LogP contribution in [-0.4, -0.2) is 27.1 Å². The number of carbonyl (C=O) groups is 2. The number of benzene rings is 1. The first-order valence-electron chi connectivity index (χ1n) is 5.58. The minimum atomic E-state index is -1.24. The Balaban J connectivity index is 2.29. The molecule has 0 amide bonds. The summed E-state index contributed by atoms with van der Waals surface area (Å²) in [6, 6.07) is 5.22. The van der Waals surface area contributed by atoms with Crippen LogP contribution in [0.2, 0.25) is 0 Å². The number of carboxylic acids is 2. The molecule has 0 aliphatic heterocycles. The third kappa shape index (κ3) is 2.03. The van der Waals surface area contributed by atoms with Gasteiger partial charge in [0, 0.05) is 12.1 Å². The molecule has 1 aliphatic rings. The summed E-state index contributed by atoms with van der Waals surface area (Å²) in [6.07, 6.45) is 0.0188. The van der Waals surface area contributed by atoms with Crippen molar-refractivity contribution >= 4 is 17.6 Å². The van der Waals surface area contributed by atoms with Gasteiger partial charge in [0.05, 0.1) is 16.3 Å². The minimum absolute atomic E-state index is 0.00940. The molecule has 0 atom stereocenters. The van der Waals surface area contributed by atoms with Crippen molar-refractivity contribution in [2.75, 3.05) is 0 Å². The van der Waals surface area contributed by atoms with E-state index in [2.05, 4.69) is 0 Å². The van der Waals surface area contributed by atoms with Crippen LogP contribution < -0.4 is 0 Å². The lowest BCUT2D eigenvalue weighted by Gasteiger charge is -2.42. The lowest BCUT2D eigenvalue weighted by molar-refractivity contribution is -0.384. The van der Waals surface area contributed by atoms with Gasteiger partial charge in [-0.05, 0) is 18.4 Å². The summed E-state index contributed by atoms with van der Waals surface area (Å²) in [4.78, 5) is 32.1. The van der Waals surface area contributed by atoms with Gasteiger partial charge in [-0.3, -0.25) is 19.7 Å². The second kappa shape index (κ2) is 4.34. The van der Waals surface area contributed by atoms with Crippen LogP contribution in [0.5, 0.6) is 0 Å². The number of carboxylic acid groups (broad SMARTS) is 2. The van der Waals surface area contributed by atoms with Gasteiger partial charge in [-0.25, -0.2) is 0 Å². The molecule has 1 fully saturated rings. The van der Waals surface area contributed by atoms with E-state index in [-0.39, 0.29) is 18.5 Å². The van der Waals surface area contributed by atoms with Crippen molar-refractivity contribution in [2.45, 2.75) is 18.3 Å². The first kappa shape index (κ1) is 13.0. The van der Waals surface area contributed by atoms with Gasteiger partial charge in [0.2, 0.25) is 0 Å². The van der Waals surface area contributed by atoms with E-state index < -0.39 is 28.2 Å². The zero-order valence-electron chi connectivity index (χ0n) is 9.78. The molecule has 2 N–H and O–H groups in total. The van der Waals surface area contributed by atoms with Crippen LogP contribution in [0.15, 0.2) is 24.3 Å². The molecule has 1 saturated carbocycles. The van der Waals surface area contributed by atoms with E-state index in [0.29, 0.717) is 5.56 Å². The predicted molar refractivity (Wildman–Crippen MR) is 62.8 cm³/mol. The van der Waals surface area contributed by atoms with Crippen LogP contribution in [0.1, 0.15) is 18.4 Å². The van der Waals surface area contributed by atoms with Crippen LogP contribution in [0.25, 0.3) is 0 Å². The molecule has 2 rings (SSSR count). The van der Waals surface area contributed by atoms with Crippen LogP contribution in [0.3, 0.4) is 0 Å². The lowest BCUT2D eigenvalue weighted by atomic mass is 9.58. The molecular formula is C12H11NO6. The van der Waals surface area contributed by atoms with Crippen molar-refractivity contribution < 1.29 is 24.7 Å². The molecule has 0 saturated heterocycles. The normalized spacial score (nSPS) is 25.4. The number of nitrogens with zero attached hydrogens (tertiary/aromatic N) is 1. The van der Waals surface area contributed by atoms with Gasteiger partial charge in [-0.15, -0.1) is 0 Å². The molecule has 0 radical (unpaired) electrons. The van der Waals surface area contributed by atoms with Gasteiger partial charge in [-0.2, -0.15) is 0 Å². The monoisotopic (exact) mass is 265 g/mol. The minimum Gasteiger partial charge on any atom is -0.481 e. The zero-order chi connectivity index (χ0) is 14.2. The SMILES string of the molecule is O=C(O)C1CC(C(=O)O)(c2ccc([N+](=O)[O-])cc2)C1. The van der Waals surface area contributed by atoms with Gasteiger partial charge in [0.25, 0.3) is 5.69 Å². The third-order valence-corrected chi connectivity index (χ3v) is 3.58. The highest BCUT2D eigenvalue weighted by atomic mass is 16.6. The maximum atomic E-state index is 11.4. The highest BCUT2D eigenvalue weighted by Crippen LogP contribution is 2.48. The van der Waals surface area contributed by atoms with E-state index in [0.717, 1.165) is 0 Å². The molecular weight excluding hydrogens is 254 g/mol. The third-order valence-electron chi connectivity index (χ3n) is 3.58. The second-order valence-corrected chi connectivity index (χ2v) is 4.63. The molecule has 1 aliphatic carbocycles. The van der Waals surface area contributed by atoms with Gasteiger partial charge in [-0.1, -0.05) is 12.1 Å². The Kier molecular flexibility index (Phi) is 2.97. The topological polar surface area (TPSA) is 118 Å². The molecule has 19 heavy (non-hydrogen) atoms. The molecule has 0 unspecified atom stereocenters. The molecule has 0 heterocycles. The molecule has 0 spiro atoms. The molecule has 7 heteroatoms. The Morgan fingerprint density at radius 1 is 1.21 bits per heavy atom. The quantitative estimate of drug-likeness (QED) is 0.627. The van der Waals surface area contributed by atoms with Crippen LogP contribution in [-0.2, 0) is 15.0 Å². The van der Waals surface area contributed by atoms with Crippen LogP contribution >= 0.6 is 0 Å². The van der Waals surface area contributed by atoms with Gasteiger partial charge < -0.3 is 10.2 Å². The van der Waals surface area contributed by atoms with Crippen molar-refractivity contribution in [1.29, 1.82) is 0 Å². The van der Waals surface area contributed by atoms with Crippen molar-refractivity contribution in [3.63, 3.8) is 0 Å². The average Bonchev–Trinajstić information content (AvgIpc) is 2.27. The molecule has 7 nitrogen and oxygen atoms in total. The van der Waals surface area contributed by atoms with Crippen molar-refractivity contribution in [1.82, 2.24) is 0 Å². The number of aliphatic carboxylic acids is 2. The lowest BCUT2D eigenvalue weighted by Crippen LogP contribution is -2.50. The van der Waals surface area contributed by atoms with E-state index in [4.69, 9.17) is 5.11 Å². The molecule has 0 aromatic heterocycles. The van der Waals surface area contributed by atoms with Crippen molar-refractivity contribution in [3.05, 3.63) is 39.9 Å². The number of nitro groups is 1. The molecule has 0 bridgehead atoms. The van der Waals surface area contributed by atoms with Gasteiger partial charge in [0.15, 0.2) is 0 Å². The Morgan fingerprint density at radius 3 is 2.11 bits per heavy atom. The fourth-order valence-electron chi connectivity index (χ4n) is 2.39. The van der Waals surface area contributed by atoms with Crippen LogP contribution in [0, 0.1) is 16.0 Å². The maximum Gasteiger partial charge on any atom is 0.314 e. The van der Waals surface area contributed by atoms with E-state index in [9.17, 15) is 24.8 Å². The summed E-state index contributed by atoms with van der Waals surface area (Å²) in [5.74, 6) is -2.79. The Hall–Kier alpha value is -2.44. The summed E-state index contributed by atoms with van der Waals surface area (Å²) < 4.78 is 0. The predicted octanol–water partition coefficient (Wildman–Crippen LogP) is 1.41. The fourth-order valence-corrected chi connectivity index (χ4v) is 2.39. The number of hydrogen-bond donors (Lipinski definition) is 2. The number of nitro benzene ring substituents is 1. The summed E-state index contributed by atoms with van der Waals surface area (Å²) in [5.41, 5.74) is -0.959. The molecule has 1 aromatic rings. The van der Waals surface area contributed by atoms with Crippen molar-refractivity contribution in [2.24, 2.45) is 5.92 Å². The highest BCUT2D eigenvalue weighted by Gasteiger charge is 2.54. The first-order valence-corrected chi connectivity index (χ1v) is 5.58.